The van der Waals surface area contributed by atoms with Gasteiger partial charge in [0.25, 0.3) is 5.91 Å². The number of nitrogens with zero attached hydrogens (tertiary/aromatic N) is 2. The summed E-state index contributed by atoms with van der Waals surface area (Å²) < 4.78 is 24.3. The van der Waals surface area contributed by atoms with Gasteiger partial charge in [-0.15, -0.1) is 0 Å². The van der Waals surface area contributed by atoms with Crippen molar-refractivity contribution in [1.29, 1.82) is 0 Å². The highest BCUT2D eigenvalue weighted by Crippen LogP contribution is 2.30. The van der Waals surface area contributed by atoms with Crippen LogP contribution >= 0.6 is 0 Å². The summed E-state index contributed by atoms with van der Waals surface area (Å²) in [6, 6.07) is 13.7. The molecular formula is C21H19FN2O3. The first-order valence-corrected chi connectivity index (χ1v) is 8.81. The molecule has 0 N–H and O–H groups in total. The maximum atomic E-state index is 13.2. The standard InChI is InChI=1S/C21H19FN2O3/c1-14-3-2-4-17(11-14)26-13-20(25)24-10-9-19-18(12-24)21(27-23-19)15-5-7-16(22)8-6-15/h2-8,11H,9-10,12-13H2,1H3. The highest BCUT2D eigenvalue weighted by Gasteiger charge is 2.27. The number of benzene rings is 2. The molecule has 3 aromatic rings. The molecule has 27 heavy (non-hydrogen) atoms. The molecule has 0 fully saturated rings. The van der Waals surface area contributed by atoms with E-state index < -0.39 is 0 Å². The SMILES string of the molecule is Cc1cccc(OCC(=O)N2CCc3noc(-c4ccc(F)cc4)c3C2)c1. The summed E-state index contributed by atoms with van der Waals surface area (Å²) in [5.41, 5.74) is 3.54. The summed E-state index contributed by atoms with van der Waals surface area (Å²) in [6.07, 6.45) is 0.621. The van der Waals surface area contributed by atoms with Crippen LogP contribution in [-0.4, -0.2) is 29.1 Å². The number of aromatic nitrogens is 1. The van der Waals surface area contributed by atoms with E-state index in [-0.39, 0.29) is 18.3 Å². The molecule has 4 rings (SSSR count). The number of fused-ring (bicyclic) bond motifs is 1. The van der Waals surface area contributed by atoms with Gasteiger partial charge < -0.3 is 14.2 Å². The van der Waals surface area contributed by atoms with Gasteiger partial charge in [0.15, 0.2) is 12.4 Å². The Labute approximate surface area is 156 Å². The molecule has 0 aliphatic carbocycles. The summed E-state index contributed by atoms with van der Waals surface area (Å²) in [4.78, 5) is 14.3. The minimum Gasteiger partial charge on any atom is -0.484 e. The Morgan fingerprint density at radius 1 is 1.26 bits per heavy atom. The number of halogens is 1. The minimum atomic E-state index is -0.308. The molecule has 138 valence electrons. The largest absolute Gasteiger partial charge is 0.484 e. The smallest absolute Gasteiger partial charge is 0.260 e. The third-order valence-corrected chi connectivity index (χ3v) is 4.65. The molecule has 1 aromatic heterocycles. The van der Waals surface area contributed by atoms with Crippen molar-refractivity contribution < 1.29 is 18.4 Å². The van der Waals surface area contributed by atoms with Crippen molar-refractivity contribution in [2.75, 3.05) is 13.2 Å². The van der Waals surface area contributed by atoms with Gasteiger partial charge in [0.05, 0.1) is 12.2 Å². The van der Waals surface area contributed by atoms with E-state index in [1.807, 2.05) is 31.2 Å². The second-order valence-corrected chi connectivity index (χ2v) is 6.61. The Bertz CT molecular complexity index is 966. The number of rotatable bonds is 4. The van der Waals surface area contributed by atoms with Gasteiger partial charge >= 0.3 is 0 Å². The molecule has 2 aromatic carbocycles. The fraction of sp³-hybridized carbons (Fsp3) is 0.238. The van der Waals surface area contributed by atoms with E-state index in [4.69, 9.17) is 9.26 Å². The Morgan fingerprint density at radius 3 is 2.85 bits per heavy atom. The lowest BCUT2D eigenvalue weighted by Gasteiger charge is -2.26. The fourth-order valence-electron chi connectivity index (χ4n) is 3.19. The van der Waals surface area contributed by atoms with Crippen LogP contribution in [0.4, 0.5) is 4.39 Å². The fourth-order valence-corrected chi connectivity index (χ4v) is 3.19. The monoisotopic (exact) mass is 366 g/mol. The van der Waals surface area contributed by atoms with E-state index in [0.717, 1.165) is 22.4 Å². The average Bonchev–Trinajstić information content (AvgIpc) is 3.10. The minimum absolute atomic E-state index is 0.0179. The maximum absolute atomic E-state index is 13.2. The lowest BCUT2D eigenvalue weighted by Crippen LogP contribution is -2.38. The van der Waals surface area contributed by atoms with E-state index in [9.17, 15) is 9.18 Å². The van der Waals surface area contributed by atoms with Gasteiger partial charge in [0.2, 0.25) is 0 Å². The highest BCUT2D eigenvalue weighted by molar-refractivity contribution is 5.78. The molecular weight excluding hydrogens is 347 g/mol. The summed E-state index contributed by atoms with van der Waals surface area (Å²) in [5.74, 6) is 0.866. The molecule has 1 amide bonds. The molecule has 2 heterocycles. The van der Waals surface area contributed by atoms with Crippen LogP contribution < -0.4 is 4.74 Å². The lowest BCUT2D eigenvalue weighted by atomic mass is 10.0. The molecule has 0 saturated carbocycles. The summed E-state index contributed by atoms with van der Waals surface area (Å²) in [5, 5.41) is 4.11. The van der Waals surface area contributed by atoms with Crippen LogP contribution in [-0.2, 0) is 17.8 Å². The molecule has 0 atom stereocenters. The predicted octanol–water partition coefficient (Wildman–Crippen LogP) is 3.75. The van der Waals surface area contributed by atoms with Crippen LogP contribution in [0.25, 0.3) is 11.3 Å². The first kappa shape index (κ1) is 17.3. The van der Waals surface area contributed by atoms with E-state index in [1.54, 1.807) is 17.0 Å². The van der Waals surface area contributed by atoms with Crippen molar-refractivity contribution in [2.45, 2.75) is 19.9 Å². The number of amides is 1. The normalized spacial score (nSPS) is 13.3. The summed E-state index contributed by atoms with van der Waals surface area (Å²) >= 11 is 0. The van der Waals surface area contributed by atoms with Gasteiger partial charge in [-0.1, -0.05) is 17.3 Å². The number of carbonyl (C=O) groups excluding carboxylic acids is 1. The quantitative estimate of drug-likeness (QED) is 0.706. The number of hydrogen-bond acceptors (Lipinski definition) is 4. The Balaban J connectivity index is 1.46. The first-order valence-electron chi connectivity index (χ1n) is 8.81. The summed E-state index contributed by atoms with van der Waals surface area (Å²) in [6.45, 7) is 2.93. The molecule has 6 heteroatoms. The summed E-state index contributed by atoms with van der Waals surface area (Å²) in [7, 11) is 0. The van der Waals surface area contributed by atoms with Crippen LogP contribution in [0.15, 0.2) is 53.1 Å². The Kier molecular flexibility index (Phi) is 4.62. The molecule has 0 radical (unpaired) electrons. The van der Waals surface area contributed by atoms with Crippen LogP contribution in [0, 0.1) is 12.7 Å². The van der Waals surface area contributed by atoms with Gasteiger partial charge in [0, 0.05) is 24.1 Å². The molecule has 5 nitrogen and oxygen atoms in total. The van der Waals surface area contributed by atoms with Crippen LogP contribution in [0.2, 0.25) is 0 Å². The molecule has 0 unspecified atom stereocenters. The first-order chi connectivity index (χ1) is 13.1. The molecule has 0 saturated heterocycles. The Hall–Kier alpha value is -3.15. The van der Waals surface area contributed by atoms with E-state index >= 15 is 0 Å². The van der Waals surface area contributed by atoms with E-state index in [1.165, 1.54) is 12.1 Å². The van der Waals surface area contributed by atoms with Gasteiger partial charge in [0.1, 0.15) is 11.6 Å². The zero-order valence-electron chi connectivity index (χ0n) is 14.9. The maximum Gasteiger partial charge on any atom is 0.260 e. The van der Waals surface area contributed by atoms with Crippen molar-refractivity contribution in [2.24, 2.45) is 0 Å². The van der Waals surface area contributed by atoms with Gasteiger partial charge in [-0.3, -0.25) is 4.79 Å². The number of hydrogen-bond donors (Lipinski definition) is 0. The predicted molar refractivity (Wildman–Crippen MR) is 97.7 cm³/mol. The average molecular weight is 366 g/mol. The third kappa shape index (κ3) is 3.69. The third-order valence-electron chi connectivity index (χ3n) is 4.65. The second kappa shape index (κ2) is 7.23. The van der Waals surface area contributed by atoms with Crippen molar-refractivity contribution in [3.63, 3.8) is 0 Å². The number of ether oxygens (including phenoxy) is 1. The highest BCUT2D eigenvalue weighted by atomic mass is 19.1. The second-order valence-electron chi connectivity index (χ2n) is 6.61. The molecule has 0 bridgehead atoms. The number of carbonyl (C=O) groups is 1. The lowest BCUT2D eigenvalue weighted by molar-refractivity contribution is -0.134. The van der Waals surface area contributed by atoms with Crippen molar-refractivity contribution in [3.05, 3.63) is 71.2 Å². The van der Waals surface area contributed by atoms with Gasteiger partial charge in [-0.05, 0) is 48.9 Å². The number of aryl methyl sites for hydroxylation is 1. The van der Waals surface area contributed by atoms with Crippen molar-refractivity contribution in [1.82, 2.24) is 10.1 Å². The zero-order valence-corrected chi connectivity index (χ0v) is 14.9. The zero-order chi connectivity index (χ0) is 18.8. The van der Waals surface area contributed by atoms with Crippen LogP contribution in [0.5, 0.6) is 5.75 Å². The van der Waals surface area contributed by atoms with Crippen LogP contribution in [0.3, 0.4) is 0 Å². The molecule has 1 aliphatic heterocycles. The van der Waals surface area contributed by atoms with Crippen LogP contribution in [0.1, 0.15) is 16.8 Å². The van der Waals surface area contributed by atoms with Gasteiger partial charge in [-0.2, -0.15) is 0 Å². The Morgan fingerprint density at radius 2 is 2.07 bits per heavy atom. The molecule has 0 spiro atoms. The topological polar surface area (TPSA) is 55.6 Å². The van der Waals surface area contributed by atoms with Crippen molar-refractivity contribution >= 4 is 5.91 Å². The van der Waals surface area contributed by atoms with E-state index in [2.05, 4.69) is 5.16 Å². The van der Waals surface area contributed by atoms with Crippen molar-refractivity contribution in [3.8, 4) is 17.1 Å². The van der Waals surface area contributed by atoms with Gasteiger partial charge in [-0.25, -0.2) is 4.39 Å². The molecule has 1 aliphatic rings. The van der Waals surface area contributed by atoms with E-state index in [0.29, 0.717) is 31.0 Å².